The molecule has 6 nitrogen and oxygen atoms in total. The number of rotatable bonds is 11. The van der Waals surface area contributed by atoms with Gasteiger partial charge in [0, 0.05) is 36.2 Å². The number of para-hydroxylation sites is 2. The van der Waals surface area contributed by atoms with Crippen molar-refractivity contribution in [2.24, 2.45) is 0 Å². The van der Waals surface area contributed by atoms with Crippen molar-refractivity contribution in [1.82, 2.24) is 14.8 Å². The molecule has 0 spiro atoms. The number of ether oxygens (including phenoxy) is 1. The van der Waals surface area contributed by atoms with Crippen molar-refractivity contribution in [3.05, 3.63) is 102 Å². The van der Waals surface area contributed by atoms with E-state index in [9.17, 15) is 9.59 Å². The molecule has 0 aliphatic rings. The molecule has 1 N–H and O–H groups in total. The number of aromatic amines is 1. The van der Waals surface area contributed by atoms with Gasteiger partial charge >= 0.3 is 0 Å². The van der Waals surface area contributed by atoms with Gasteiger partial charge in [0.2, 0.25) is 5.91 Å². The Morgan fingerprint density at radius 1 is 0.861 bits per heavy atom. The van der Waals surface area contributed by atoms with Crippen LogP contribution in [0.1, 0.15) is 25.0 Å². The van der Waals surface area contributed by atoms with Gasteiger partial charge in [0.05, 0.1) is 0 Å². The number of H-pyrrole nitrogens is 1. The molecule has 0 atom stereocenters. The molecule has 0 aliphatic carbocycles. The van der Waals surface area contributed by atoms with Crippen molar-refractivity contribution in [3.63, 3.8) is 0 Å². The lowest BCUT2D eigenvalue weighted by atomic mass is 10.1. The first-order valence-electron chi connectivity index (χ1n) is 12.4. The van der Waals surface area contributed by atoms with Crippen molar-refractivity contribution in [3.8, 4) is 5.75 Å². The number of hydrogen-bond acceptors (Lipinski definition) is 3. The molecular formula is C30H33N3O3. The average Bonchev–Trinajstić information content (AvgIpc) is 3.32. The molecule has 1 heterocycles. The Hall–Kier alpha value is -4.06. The van der Waals surface area contributed by atoms with Crippen molar-refractivity contribution >= 4 is 22.7 Å². The summed E-state index contributed by atoms with van der Waals surface area (Å²) in [6.07, 6.45) is 2.73. The fraction of sp³-hybridized carbons (Fsp3) is 0.267. The van der Waals surface area contributed by atoms with Crippen LogP contribution in [0.4, 0.5) is 0 Å². The molecule has 0 saturated heterocycles. The molecule has 0 aliphatic heterocycles. The molecule has 4 rings (SSSR count). The summed E-state index contributed by atoms with van der Waals surface area (Å²) in [6.45, 7) is 4.78. The van der Waals surface area contributed by atoms with E-state index in [1.165, 1.54) is 10.9 Å². The molecule has 0 radical (unpaired) electrons. The first-order chi connectivity index (χ1) is 17.5. The van der Waals surface area contributed by atoms with E-state index in [1.807, 2.05) is 97.7 Å². The minimum absolute atomic E-state index is 0.00929. The smallest absolute Gasteiger partial charge is 0.261 e. The van der Waals surface area contributed by atoms with Gasteiger partial charge in [-0.15, -0.1) is 0 Å². The van der Waals surface area contributed by atoms with Crippen LogP contribution in [0.15, 0.2) is 91.1 Å². The van der Waals surface area contributed by atoms with E-state index in [-0.39, 0.29) is 31.0 Å². The topological polar surface area (TPSA) is 65.6 Å². The second-order valence-electron chi connectivity index (χ2n) is 9.13. The van der Waals surface area contributed by atoms with E-state index in [0.717, 1.165) is 17.5 Å². The Balaban J connectivity index is 1.45. The van der Waals surface area contributed by atoms with Gasteiger partial charge in [-0.1, -0.05) is 66.7 Å². The highest BCUT2D eigenvalue weighted by Crippen LogP contribution is 2.19. The second-order valence-corrected chi connectivity index (χ2v) is 9.13. The van der Waals surface area contributed by atoms with E-state index >= 15 is 0 Å². The van der Waals surface area contributed by atoms with Gasteiger partial charge in [0.25, 0.3) is 5.91 Å². The number of aromatic nitrogens is 1. The Labute approximate surface area is 212 Å². The van der Waals surface area contributed by atoms with Gasteiger partial charge in [-0.25, -0.2) is 0 Å². The molecule has 1 aromatic heterocycles. The van der Waals surface area contributed by atoms with Crippen molar-refractivity contribution < 1.29 is 14.3 Å². The maximum absolute atomic E-state index is 13.5. The largest absolute Gasteiger partial charge is 0.484 e. The minimum Gasteiger partial charge on any atom is -0.484 e. The normalized spacial score (nSPS) is 11.0. The van der Waals surface area contributed by atoms with Gasteiger partial charge in [-0.2, -0.15) is 0 Å². The van der Waals surface area contributed by atoms with Crippen LogP contribution in [0.2, 0.25) is 0 Å². The first-order valence-corrected chi connectivity index (χ1v) is 12.4. The summed E-state index contributed by atoms with van der Waals surface area (Å²) < 4.78 is 5.65. The predicted octanol–water partition coefficient (Wildman–Crippen LogP) is 5.06. The van der Waals surface area contributed by atoms with Gasteiger partial charge < -0.3 is 19.5 Å². The van der Waals surface area contributed by atoms with E-state index < -0.39 is 0 Å². The third-order valence-corrected chi connectivity index (χ3v) is 6.25. The maximum Gasteiger partial charge on any atom is 0.261 e. The monoisotopic (exact) mass is 483 g/mol. The van der Waals surface area contributed by atoms with Gasteiger partial charge in [-0.05, 0) is 49.6 Å². The summed E-state index contributed by atoms with van der Waals surface area (Å²) in [5.74, 6) is 0.337. The molecule has 0 saturated carbocycles. The van der Waals surface area contributed by atoms with Crippen LogP contribution < -0.4 is 4.74 Å². The maximum atomic E-state index is 13.5. The highest BCUT2D eigenvalue weighted by molar-refractivity contribution is 5.86. The molecule has 2 amide bonds. The van der Waals surface area contributed by atoms with Gasteiger partial charge in [0.15, 0.2) is 6.61 Å². The summed E-state index contributed by atoms with van der Waals surface area (Å²) in [7, 11) is 0. The zero-order valence-electron chi connectivity index (χ0n) is 20.9. The minimum atomic E-state index is -0.210. The van der Waals surface area contributed by atoms with Crippen molar-refractivity contribution in [2.45, 2.75) is 32.9 Å². The molecule has 3 aromatic carbocycles. The molecule has 36 heavy (non-hydrogen) atoms. The summed E-state index contributed by atoms with van der Waals surface area (Å²) in [4.78, 5) is 33.3. The van der Waals surface area contributed by atoms with Crippen LogP contribution in [0.5, 0.6) is 5.75 Å². The third-order valence-electron chi connectivity index (χ3n) is 6.25. The Bertz CT molecular complexity index is 1270. The average molecular weight is 484 g/mol. The van der Waals surface area contributed by atoms with Crippen molar-refractivity contribution in [2.75, 3.05) is 19.7 Å². The van der Waals surface area contributed by atoms with E-state index in [4.69, 9.17) is 4.74 Å². The lowest BCUT2D eigenvalue weighted by Crippen LogP contribution is -2.47. The zero-order valence-corrected chi connectivity index (χ0v) is 20.9. The van der Waals surface area contributed by atoms with E-state index in [0.29, 0.717) is 18.8 Å². The first kappa shape index (κ1) is 25.0. The number of nitrogens with zero attached hydrogens (tertiary/aromatic N) is 2. The number of carbonyl (C=O) groups is 2. The zero-order chi connectivity index (χ0) is 25.3. The predicted molar refractivity (Wildman–Crippen MR) is 143 cm³/mol. The van der Waals surface area contributed by atoms with E-state index in [2.05, 4.69) is 17.1 Å². The summed E-state index contributed by atoms with van der Waals surface area (Å²) in [5, 5.41) is 1.17. The molecule has 4 aromatic rings. The summed E-state index contributed by atoms with van der Waals surface area (Å²) in [6, 6.07) is 27.2. The van der Waals surface area contributed by atoms with Crippen LogP contribution in [-0.4, -0.2) is 52.3 Å². The van der Waals surface area contributed by atoms with Crippen LogP contribution in [0.25, 0.3) is 10.9 Å². The summed E-state index contributed by atoms with van der Waals surface area (Å²) in [5.41, 5.74) is 3.31. The number of nitrogens with one attached hydrogen (secondary N) is 1. The van der Waals surface area contributed by atoms with Gasteiger partial charge in [0.1, 0.15) is 12.3 Å². The van der Waals surface area contributed by atoms with Crippen LogP contribution in [0.3, 0.4) is 0 Å². The lowest BCUT2D eigenvalue weighted by Gasteiger charge is -2.30. The van der Waals surface area contributed by atoms with Crippen LogP contribution >= 0.6 is 0 Å². The molecule has 6 heteroatoms. The number of amides is 2. The van der Waals surface area contributed by atoms with Crippen molar-refractivity contribution in [1.29, 1.82) is 0 Å². The Morgan fingerprint density at radius 2 is 1.53 bits per heavy atom. The fourth-order valence-corrected chi connectivity index (χ4v) is 4.24. The van der Waals surface area contributed by atoms with Crippen LogP contribution in [-0.2, 0) is 22.6 Å². The number of benzene rings is 3. The molecule has 0 fully saturated rings. The highest BCUT2D eigenvalue weighted by atomic mass is 16.5. The standard InChI is InChI=1S/C30H33N3O3/c1-23(2)33(30(35)22-36-26-13-7-4-8-14-26)21-29(34)32(20-24-11-5-3-6-12-24)18-17-25-19-31-28-16-10-9-15-27(25)28/h3-16,19,23,31H,17-18,20-22H2,1-2H3. The van der Waals surface area contributed by atoms with E-state index in [1.54, 1.807) is 4.90 Å². The van der Waals surface area contributed by atoms with Crippen LogP contribution in [0, 0.1) is 0 Å². The van der Waals surface area contributed by atoms with Gasteiger partial charge in [-0.3, -0.25) is 9.59 Å². The molecule has 186 valence electrons. The number of carbonyl (C=O) groups excluding carboxylic acids is 2. The molecule has 0 unspecified atom stereocenters. The lowest BCUT2D eigenvalue weighted by molar-refractivity contribution is -0.143. The second kappa shape index (κ2) is 12.1. The molecule has 0 bridgehead atoms. The Kier molecular flexibility index (Phi) is 8.40. The highest BCUT2D eigenvalue weighted by Gasteiger charge is 2.24. The quantitative estimate of drug-likeness (QED) is 0.324. The number of hydrogen-bond donors (Lipinski definition) is 1. The fourth-order valence-electron chi connectivity index (χ4n) is 4.24. The molecular weight excluding hydrogens is 450 g/mol. The number of fused-ring (bicyclic) bond motifs is 1. The Morgan fingerprint density at radius 3 is 2.25 bits per heavy atom. The third kappa shape index (κ3) is 6.54. The SMILES string of the molecule is CC(C)N(CC(=O)N(CCc1c[nH]c2ccccc12)Cc1ccccc1)C(=O)COc1ccccc1. The summed E-state index contributed by atoms with van der Waals surface area (Å²) >= 11 is 0.